The third kappa shape index (κ3) is 4.60. The van der Waals surface area contributed by atoms with E-state index in [0.29, 0.717) is 17.1 Å². The predicted octanol–water partition coefficient (Wildman–Crippen LogP) is 1.39. The highest BCUT2D eigenvalue weighted by Gasteiger charge is 2.77. The second-order valence-corrected chi connectivity index (χ2v) is 9.03. The molecule has 0 radical (unpaired) electrons. The van der Waals surface area contributed by atoms with Gasteiger partial charge in [0.15, 0.2) is 11.7 Å². The van der Waals surface area contributed by atoms with Crippen LogP contribution in [-0.2, 0) is 19.0 Å². The Hall–Kier alpha value is -2.76. The molecule has 2 fully saturated rings. The van der Waals surface area contributed by atoms with E-state index >= 15 is 0 Å². The molecule has 2 aliphatic rings. The predicted molar refractivity (Wildman–Crippen MR) is 125 cm³/mol. The van der Waals surface area contributed by atoms with Crippen molar-refractivity contribution < 1.29 is 43.5 Å². The molecule has 2 unspecified atom stereocenters. The first-order chi connectivity index (χ1) is 16.3. The van der Waals surface area contributed by atoms with Gasteiger partial charge < -0.3 is 38.7 Å². The molecule has 1 aromatic rings. The van der Waals surface area contributed by atoms with Crippen molar-refractivity contribution in [3.63, 3.8) is 0 Å². The summed E-state index contributed by atoms with van der Waals surface area (Å²) in [4.78, 5) is 23.3. The highest BCUT2D eigenvalue weighted by atomic mass is 16.7. The number of ether oxygens (including phenoxy) is 4. The summed E-state index contributed by atoms with van der Waals surface area (Å²) in [5.74, 6) is -2.09. The number of aliphatic hydroxyl groups is 3. The highest BCUT2D eigenvalue weighted by Crippen LogP contribution is 2.55. The second-order valence-electron chi connectivity index (χ2n) is 9.03. The van der Waals surface area contributed by atoms with Crippen molar-refractivity contribution in [3.05, 3.63) is 58.2 Å². The van der Waals surface area contributed by atoms with Gasteiger partial charge in [-0.15, -0.1) is 0 Å². The molecule has 0 aliphatic carbocycles. The molecule has 3 rings (SSSR count). The monoisotopic (exact) mass is 492 g/mol. The number of allylic oxidation sites excluding steroid dienone is 4. The Labute approximate surface area is 203 Å². The van der Waals surface area contributed by atoms with E-state index in [1.165, 1.54) is 40.9 Å². The number of methoxy groups -OCH3 is 1. The van der Waals surface area contributed by atoms with E-state index in [-0.39, 0.29) is 0 Å². The third-order valence-corrected chi connectivity index (χ3v) is 6.54. The fourth-order valence-electron chi connectivity index (χ4n) is 4.67. The molecule has 3 heterocycles. The summed E-state index contributed by atoms with van der Waals surface area (Å²) < 4.78 is 27.5. The lowest BCUT2D eigenvalue weighted by atomic mass is 9.76. The molecule has 10 heteroatoms. The lowest BCUT2D eigenvalue weighted by molar-refractivity contribution is -0.309. The molecule has 0 amide bonds. The van der Waals surface area contributed by atoms with Gasteiger partial charge in [0.05, 0.1) is 13.2 Å². The largest absolute Gasteiger partial charge is 0.496 e. The first-order valence-corrected chi connectivity index (χ1v) is 11.1. The number of carbonyl (C=O) groups excluding carboxylic acids is 1. The van der Waals surface area contributed by atoms with E-state index < -0.39 is 53.0 Å². The first-order valence-electron chi connectivity index (χ1n) is 11.1. The van der Waals surface area contributed by atoms with E-state index in [4.69, 9.17) is 23.4 Å². The van der Waals surface area contributed by atoms with Crippen LogP contribution in [-0.4, -0.2) is 69.8 Å². The Kier molecular flexibility index (Phi) is 7.45. The fraction of sp³-hybridized carbons (Fsp3) is 0.520. The Morgan fingerprint density at radius 1 is 1.23 bits per heavy atom. The van der Waals surface area contributed by atoms with Crippen LogP contribution in [0.3, 0.4) is 0 Å². The van der Waals surface area contributed by atoms with Crippen LogP contribution in [0, 0.1) is 6.92 Å². The van der Waals surface area contributed by atoms with Gasteiger partial charge in [-0.05, 0) is 33.8 Å². The molecule has 7 atom stereocenters. The summed E-state index contributed by atoms with van der Waals surface area (Å²) in [5, 5.41) is 32.4. The van der Waals surface area contributed by atoms with Crippen molar-refractivity contribution in [1.29, 1.82) is 0 Å². The maximum absolute atomic E-state index is 11.7. The van der Waals surface area contributed by atoms with Gasteiger partial charge in [-0.1, -0.05) is 30.4 Å². The zero-order chi connectivity index (χ0) is 26.2. The van der Waals surface area contributed by atoms with E-state index in [0.717, 1.165) is 0 Å². The van der Waals surface area contributed by atoms with Crippen molar-refractivity contribution in [2.75, 3.05) is 7.11 Å². The molecule has 2 bridgehead atoms. The van der Waals surface area contributed by atoms with Gasteiger partial charge in [0.2, 0.25) is 5.79 Å². The summed E-state index contributed by atoms with van der Waals surface area (Å²) in [6.45, 7) is 7.25. The molecular formula is C25H32O10. The second kappa shape index (κ2) is 9.71. The molecule has 10 nitrogen and oxygen atoms in total. The van der Waals surface area contributed by atoms with Crippen molar-refractivity contribution in [1.82, 2.24) is 0 Å². The fourth-order valence-corrected chi connectivity index (χ4v) is 4.67. The van der Waals surface area contributed by atoms with Crippen LogP contribution in [0.1, 0.15) is 39.0 Å². The molecular weight excluding hydrogens is 460 g/mol. The summed E-state index contributed by atoms with van der Waals surface area (Å²) in [6.07, 6.45) is 4.91. The lowest BCUT2D eigenvalue weighted by Gasteiger charge is -2.47. The Morgan fingerprint density at radius 3 is 2.49 bits per heavy atom. The van der Waals surface area contributed by atoms with Crippen LogP contribution < -0.4 is 10.4 Å². The zero-order valence-corrected chi connectivity index (χ0v) is 20.6. The summed E-state index contributed by atoms with van der Waals surface area (Å²) in [6, 6.07) is 1.27. The van der Waals surface area contributed by atoms with Gasteiger partial charge in [0, 0.05) is 12.5 Å². The number of esters is 1. The number of hydrogen-bond donors (Lipinski definition) is 3. The number of hydrogen-bond acceptors (Lipinski definition) is 10. The topological polar surface area (TPSA) is 145 Å². The van der Waals surface area contributed by atoms with E-state index in [2.05, 4.69) is 0 Å². The molecule has 1 aromatic heterocycles. The number of rotatable bonds is 7. The van der Waals surface area contributed by atoms with Gasteiger partial charge in [0.25, 0.3) is 0 Å². The normalized spacial score (nSPS) is 35.7. The van der Waals surface area contributed by atoms with Crippen LogP contribution in [0.2, 0.25) is 0 Å². The van der Waals surface area contributed by atoms with Crippen LogP contribution in [0.5, 0.6) is 5.75 Å². The standard InChI is InChI=1S/C25H32O10/c1-14-17(33-20(28)13-19(14)31-6)11-9-7-8-10-12-18-21(29)23(4)22(32-16(3)27)24(5,34-18)25(30,35-23)15(2)26/h7-13,15,18,21-22,26,29-30H,1-6H3/b8-7+,11-9+,12-10+/t15-,18-,21+,22-,23?,24?,25-/m1/s1. The van der Waals surface area contributed by atoms with Crippen molar-refractivity contribution >= 4 is 12.0 Å². The molecule has 0 spiro atoms. The SMILES string of the molecule is COc1cc(=O)oc(/C=C/C=C/C=C/[C@H]2OC3(C)[C@H](OC(C)=O)C(C)(O[C@]3(O)[C@@H](C)O)[C@H]2O)c1C. The highest BCUT2D eigenvalue weighted by molar-refractivity contribution is 5.66. The summed E-state index contributed by atoms with van der Waals surface area (Å²) in [5.41, 5.74) is -3.07. The maximum atomic E-state index is 11.7. The van der Waals surface area contributed by atoms with Gasteiger partial charge in [-0.3, -0.25) is 4.79 Å². The van der Waals surface area contributed by atoms with Crippen molar-refractivity contribution in [2.45, 2.75) is 76.0 Å². The number of fused-ring (bicyclic) bond motifs is 2. The quantitative estimate of drug-likeness (QED) is 0.377. The van der Waals surface area contributed by atoms with Gasteiger partial charge >= 0.3 is 11.6 Å². The number of aliphatic hydroxyl groups excluding tert-OH is 2. The molecule has 2 aliphatic heterocycles. The third-order valence-electron chi connectivity index (χ3n) is 6.54. The van der Waals surface area contributed by atoms with Crippen molar-refractivity contribution in [3.8, 4) is 5.75 Å². The Bertz CT molecular complexity index is 1100. The minimum atomic E-state index is -2.23. The van der Waals surface area contributed by atoms with Crippen LogP contribution >= 0.6 is 0 Å². The molecule has 3 N–H and O–H groups in total. The van der Waals surface area contributed by atoms with E-state index in [1.807, 2.05) is 0 Å². The van der Waals surface area contributed by atoms with Crippen molar-refractivity contribution in [2.24, 2.45) is 0 Å². The maximum Gasteiger partial charge on any atom is 0.339 e. The molecule has 0 aromatic carbocycles. The first kappa shape index (κ1) is 26.8. The van der Waals surface area contributed by atoms with Gasteiger partial charge in [-0.25, -0.2) is 4.79 Å². The summed E-state index contributed by atoms with van der Waals surface area (Å²) >= 11 is 0. The Morgan fingerprint density at radius 2 is 1.89 bits per heavy atom. The van der Waals surface area contributed by atoms with Crippen LogP contribution in [0.25, 0.3) is 6.08 Å². The minimum Gasteiger partial charge on any atom is -0.496 e. The lowest BCUT2D eigenvalue weighted by Crippen LogP contribution is -2.68. The Balaban J connectivity index is 1.80. The van der Waals surface area contributed by atoms with Gasteiger partial charge in [0.1, 0.15) is 35.4 Å². The molecule has 192 valence electrons. The van der Waals surface area contributed by atoms with Crippen LogP contribution in [0.15, 0.2) is 45.7 Å². The smallest absolute Gasteiger partial charge is 0.339 e. The van der Waals surface area contributed by atoms with Gasteiger partial charge in [-0.2, -0.15) is 0 Å². The summed E-state index contributed by atoms with van der Waals surface area (Å²) in [7, 11) is 1.47. The van der Waals surface area contributed by atoms with E-state index in [1.54, 1.807) is 43.4 Å². The molecule has 0 saturated carbocycles. The minimum absolute atomic E-state index is 0.359. The molecule has 35 heavy (non-hydrogen) atoms. The average Bonchev–Trinajstić information content (AvgIpc) is 2.91. The molecule has 2 saturated heterocycles. The van der Waals surface area contributed by atoms with Crippen LogP contribution in [0.4, 0.5) is 0 Å². The number of carbonyl (C=O) groups is 1. The zero-order valence-electron chi connectivity index (χ0n) is 20.6. The van der Waals surface area contributed by atoms with E-state index in [9.17, 15) is 24.9 Å². The average molecular weight is 493 g/mol.